The average molecular weight is 329 g/mol. The third-order valence-corrected chi connectivity index (χ3v) is 5.20. The van der Waals surface area contributed by atoms with Gasteiger partial charge in [0.2, 0.25) is 5.91 Å². The lowest BCUT2D eigenvalue weighted by atomic mass is 10.1. The summed E-state index contributed by atoms with van der Waals surface area (Å²) in [5.41, 5.74) is 0.739. The van der Waals surface area contributed by atoms with Crippen LogP contribution in [0.15, 0.2) is 30.3 Å². The molecule has 3 rings (SSSR count). The number of carbonyl (C=O) groups excluding carboxylic acids is 2. The third kappa shape index (κ3) is 3.78. The first kappa shape index (κ1) is 17.0. The number of likely N-dealkylation sites (tertiary alicyclic amines) is 1. The van der Waals surface area contributed by atoms with E-state index in [0.717, 1.165) is 44.6 Å². The van der Waals surface area contributed by atoms with E-state index in [2.05, 4.69) is 4.90 Å². The van der Waals surface area contributed by atoms with Crippen molar-refractivity contribution in [2.24, 2.45) is 0 Å². The van der Waals surface area contributed by atoms with Crippen molar-refractivity contribution in [3.8, 4) is 0 Å². The number of carbonyl (C=O) groups is 2. The number of hydrogen-bond donors (Lipinski definition) is 0. The molecule has 2 heterocycles. The van der Waals surface area contributed by atoms with Gasteiger partial charge in [-0.2, -0.15) is 0 Å². The van der Waals surface area contributed by atoms with Crippen LogP contribution in [0.25, 0.3) is 0 Å². The van der Waals surface area contributed by atoms with Crippen molar-refractivity contribution in [2.45, 2.75) is 32.2 Å². The Hall–Kier alpha value is -1.88. The quantitative estimate of drug-likeness (QED) is 0.850. The van der Waals surface area contributed by atoms with Crippen LogP contribution in [0.1, 0.15) is 36.5 Å². The lowest BCUT2D eigenvalue weighted by Gasteiger charge is -2.39. The zero-order valence-corrected chi connectivity index (χ0v) is 14.5. The molecule has 24 heavy (non-hydrogen) atoms. The van der Waals surface area contributed by atoms with Gasteiger partial charge in [0, 0.05) is 44.8 Å². The second-order valence-corrected chi connectivity index (χ2v) is 6.76. The maximum absolute atomic E-state index is 12.6. The summed E-state index contributed by atoms with van der Waals surface area (Å²) in [6.45, 7) is 6.70. The molecule has 2 saturated heterocycles. The summed E-state index contributed by atoms with van der Waals surface area (Å²) >= 11 is 0. The minimum atomic E-state index is -0.0860. The molecule has 0 aliphatic carbocycles. The van der Waals surface area contributed by atoms with E-state index in [0.29, 0.717) is 13.1 Å². The molecule has 2 aliphatic heterocycles. The highest BCUT2D eigenvalue weighted by Gasteiger charge is 2.30. The molecule has 0 spiro atoms. The second kappa shape index (κ2) is 7.79. The van der Waals surface area contributed by atoms with Crippen LogP contribution >= 0.6 is 0 Å². The molecule has 1 aromatic carbocycles. The first-order chi connectivity index (χ1) is 11.7. The van der Waals surface area contributed by atoms with Gasteiger partial charge in [-0.05, 0) is 38.3 Å². The van der Waals surface area contributed by atoms with E-state index in [4.69, 9.17) is 0 Å². The molecule has 2 aliphatic rings. The summed E-state index contributed by atoms with van der Waals surface area (Å²) in [7, 11) is 0. The molecule has 1 aromatic rings. The highest BCUT2D eigenvalue weighted by atomic mass is 16.2. The van der Waals surface area contributed by atoms with Crippen molar-refractivity contribution in [3.63, 3.8) is 0 Å². The fourth-order valence-electron chi connectivity index (χ4n) is 3.61. The highest BCUT2D eigenvalue weighted by molar-refractivity contribution is 5.94. The summed E-state index contributed by atoms with van der Waals surface area (Å²) in [4.78, 5) is 31.2. The Labute approximate surface area is 144 Å². The molecule has 0 saturated carbocycles. The SMILES string of the molecule is CC(C(=O)N1CCCCC1)N1CCN(C(=O)c2ccccc2)CC1. The lowest BCUT2D eigenvalue weighted by molar-refractivity contribution is -0.137. The number of nitrogens with zero attached hydrogens (tertiary/aromatic N) is 3. The van der Waals surface area contributed by atoms with Gasteiger partial charge in [0.15, 0.2) is 0 Å². The number of rotatable bonds is 3. The van der Waals surface area contributed by atoms with E-state index in [9.17, 15) is 9.59 Å². The van der Waals surface area contributed by atoms with Crippen LogP contribution in [-0.4, -0.2) is 71.8 Å². The van der Waals surface area contributed by atoms with Gasteiger partial charge < -0.3 is 9.80 Å². The van der Waals surface area contributed by atoms with Crippen molar-refractivity contribution >= 4 is 11.8 Å². The monoisotopic (exact) mass is 329 g/mol. The molecule has 0 aromatic heterocycles. The summed E-state index contributed by atoms with van der Waals surface area (Å²) in [6.07, 6.45) is 3.48. The van der Waals surface area contributed by atoms with Crippen LogP contribution in [0.3, 0.4) is 0 Å². The van der Waals surface area contributed by atoms with Crippen LogP contribution in [-0.2, 0) is 4.79 Å². The predicted molar refractivity (Wildman–Crippen MR) is 93.8 cm³/mol. The van der Waals surface area contributed by atoms with Crippen molar-refractivity contribution in [2.75, 3.05) is 39.3 Å². The largest absolute Gasteiger partial charge is 0.341 e. The van der Waals surface area contributed by atoms with Crippen LogP contribution in [0.2, 0.25) is 0 Å². The Kier molecular flexibility index (Phi) is 5.51. The average Bonchev–Trinajstić information content (AvgIpc) is 2.68. The van der Waals surface area contributed by atoms with Gasteiger partial charge >= 0.3 is 0 Å². The maximum atomic E-state index is 12.6. The summed E-state index contributed by atoms with van der Waals surface area (Å²) in [5, 5.41) is 0. The number of piperazine rings is 1. The van der Waals surface area contributed by atoms with Crippen LogP contribution in [0.4, 0.5) is 0 Å². The standard InChI is InChI=1S/C19H27N3O2/c1-16(18(23)21-10-6-3-7-11-21)20-12-14-22(15-13-20)19(24)17-8-4-2-5-9-17/h2,4-5,8-9,16H,3,6-7,10-15H2,1H3. The maximum Gasteiger partial charge on any atom is 0.253 e. The van der Waals surface area contributed by atoms with Gasteiger partial charge in [-0.1, -0.05) is 18.2 Å². The van der Waals surface area contributed by atoms with Crippen molar-refractivity contribution in [1.29, 1.82) is 0 Å². The predicted octanol–water partition coefficient (Wildman–Crippen LogP) is 1.85. The van der Waals surface area contributed by atoms with Gasteiger partial charge in [-0.15, -0.1) is 0 Å². The smallest absolute Gasteiger partial charge is 0.253 e. The van der Waals surface area contributed by atoms with Gasteiger partial charge in [0.05, 0.1) is 6.04 Å². The van der Waals surface area contributed by atoms with Gasteiger partial charge in [-0.3, -0.25) is 14.5 Å². The van der Waals surface area contributed by atoms with Crippen molar-refractivity contribution in [1.82, 2.24) is 14.7 Å². The zero-order chi connectivity index (χ0) is 16.9. The minimum Gasteiger partial charge on any atom is -0.341 e. The molecule has 5 heteroatoms. The number of hydrogen-bond acceptors (Lipinski definition) is 3. The van der Waals surface area contributed by atoms with Crippen molar-refractivity contribution in [3.05, 3.63) is 35.9 Å². The molecular formula is C19H27N3O2. The molecule has 0 N–H and O–H groups in total. The third-order valence-electron chi connectivity index (χ3n) is 5.20. The van der Waals surface area contributed by atoms with E-state index < -0.39 is 0 Å². The summed E-state index contributed by atoms with van der Waals surface area (Å²) in [5.74, 6) is 0.336. The fraction of sp³-hybridized carbons (Fsp3) is 0.579. The molecule has 0 bridgehead atoms. The molecule has 0 radical (unpaired) electrons. The van der Waals surface area contributed by atoms with Gasteiger partial charge in [0.25, 0.3) is 5.91 Å². The van der Waals surface area contributed by atoms with Gasteiger partial charge in [-0.25, -0.2) is 0 Å². The van der Waals surface area contributed by atoms with E-state index in [-0.39, 0.29) is 17.9 Å². The Morgan fingerprint density at radius 1 is 0.833 bits per heavy atom. The first-order valence-electron chi connectivity index (χ1n) is 9.04. The zero-order valence-electron chi connectivity index (χ0n) is 14.5. The first-order valence-corrected chi connectivity index (χ1v) is 9.04. The normalized spacial score (nSPS) is 20.7. The summed E-state index contributed by atoms with van der Waals surface area (Å²) < 4.78 is 0. The van der Waals surface area contributed by atoms with Crippen LogP contribution < -0.4 is 0 Å². The Morgan fingerprint density at radius 3 is 2.08 bits per heavy atom. The minimum absolute atomic E-state index is 0.0860. The van der Waals surface area contributed by atoms with E-state index in [1.807, 2.05) is 47.1 Å². The fourth-order valence-corrected chi connectivity index (χ4v) is 3.61. The summed E-state index contributed by atoms with van der Waals surface area (Å²) in [6, 6.07) is 9.33. The molecule has 1 atom stereocenters. The number of benzene rings is 1. The van der Waals surface area contributed by atoms with E-state index in [1.54, 1.807) is 0 Å². The molecular weight excluding hydrogens is 302 g/mol. The van der Waals surface area contributed by atoms with Gasteiger partial charge in [0.1, 0.15) is 0 Å². The molecule has 2 amide bonds. The number of piperidine rings is 1. The van der Waals surface area contributed by atoms with E-state index in [1.165, 1.54) is 6.42 Å². The van der Waals surface area contributed by atoms with Crippen molar-refractivity contribution < 1.29 is 9.59 Å². The number of amides is 2. The molecule has 130 valence electrons. The Balaban J connectivity index is 1.52. The topological polar surface area (TPSA) is 43.9 Å². The molecule has 1 unspecified atom stereocenters. The van der Waals surface area contributed by atoms with E-state index >= 15 is 0 Å². The van der Waals surface area contributed by atoms with Crippen LogP contribution in [0.5, 0.6) is 0 Å². The lowest BCUT2D eigenvalue weighted by Crippen LogP contribution is -2.56. The molecule has 5 nitrogen and oxygen atoms in total. The molecule has 2 fully saturated rings. The Bertz CT molecular complexity index is 561. The highest BCUT2D eigenvalue weighted by Crippen LogP contribution is 2.15. The van der Waals surface area contributed by atoms with Crippen LogP contribution in [0, 0.1) is 0 Å². The Morgan fingerprint density at radius 2 is 1.46 bits per heavy atom. The second-order valence-electron chi connectivity index (χ2n) is 6.76.